The average Bonchev–Trinajstić information content (AvgIpc) is 3.19. The lowest BCUT2D eigenvalue weighted by Gasteiger charge is -2.26. The summed E-state index contributed by atoms with van der Waals surface area (Å²) in [5.74, 6) is 2.41. The van der Waals surface area contributed by atoms with Crippen molar-refractivity contribution in [2.75, 3.05) is 74.3 Å². The highest BCUT2D eigenvalue weighted by molar-refractivity contribution is 14.0. The number of rotatable bonds is 11. The van der Waals surface area contributed by atoms with Crippen LogP contribution in [0.5, 0.6) is 5.75 Å². The number of guanidine groups is 1. The third-order valence-corrected chi connectivity index (χ3v) is 5.24. The predicted molar refractivity (Wildman–Crippen MR) is 133 cm³/mol. The number of halogens is 1. The molecule has 1 saturated heterocycles. The van der Waals surface area contributed by atoms with Gasteiger partial charge in [-0.1, -0.05) is 12.1 Å². The molecule has 1 aromatic carbocycles. The summed E-state index contributed by atoms with van der Waals surface area (Å²) in [7, 11) is 7.59. The molecule has 2 rings (SSSR count). The van der Waals surface area contributed by atoms with Crippen molar-refractivity contribution in [3.05, 3.63) is 29.8 Å². The summed E-state index contributed by atoms with van der Waals surface area (Å²) in [4.78, 5) is 9.55. The van der Waals surface area contributed by atoms with E-state index in [1.165, 1.54) is 5.56 Å². The van der Waals surface area contributed by atoms with Gasteiger partial charge < -0.3 is 29.3 Å². The largest absolute Gasteiger partial charge is 0.497 e. The Morgan fingerprint density at radius 2 is 1.97 bits per heavy atom. The molecule has 0 amide bonds. The zero-order valence-corrected chi connectivity index (χ0v) is 21.4. The highest BCUT2D eigenvalue weighted by Gasteiger charge is 2.25. The normalized spacial score (nSPS) is 17.7. The highest BCUT2D eigenvalue weighted by atomic mass is 127. The number of benzene rings is 1. The molecule has 1 heterocycles. The van der Waals surface area contributed by atoms with E-state index in [0.717, 1.165) is 44.4 Å². The molecule has 1 aliphatic heterocycles. The molecule has 0 aliphatic carbocycles. The first-order chi connectivity index (χ1) is 14.1. The van der Waals surface area contributed by atoms with Gasteiger partial charge in [-0.05, 0) is 45.1 Å². The first-order valence-corrected chi connectivity index (χ1v) is 10.5. The molecule has 0 spiro atoms. The molecule has 172 valence electrons. The van der Waals surface area contributed by atoms with E-state index >= 15 is 0 Å². The van der Waals surface area contributed by atoms with Crippen molar-refractivity contribution in [3.8, 4) is 5.75 Å². The van der Waals surface area contributed by atoms with Gasteiger partial charge in [0.25, 0.3) is 0 Å². The molecular weight excluding hydrogens is 495 g/mol. The van der Waals surface area contributed by atoms with Crippen LogP contribution in [0.15, 0.2) is 29.3 Å². The zero-order valence-electron chi connectivity index (χ0n) is 19.1. The maximum atomic E-state index is 5.72. The number of aliphatic imine (C=N–C) groups is 1. The molecule has 2 atom stereocenters. The Morgan fingerprint density at radius 1 is 1.23 bits per heavy atom. The van der Waals surface area contributed by atoms with Crippen molar-refractivity contribution in [2.24, 2.45) is 10.9 Å². The second kappa shape index (κ2) is 14.8. The minimum Gasteiger partial charge on any atom is -0.497 e. The first kappa shape index (κ1) is 26.9. The lowest BCUT2D eigenvalue weighted by molar-refractivity contribution is 0.0536. The smallest absolute Gasteiger partial charge is 0.193 e. The fourth-order valence-electron chi connectivity index (χ4n) is 3.54. The Morgan fingerprint density at radius 3 is 2.57 bits per heavy atom. The maximum absolute atomic E-state index is 5.72. The van der Waals surface area contributed by atoms with Gasteiger partial charge in [-0.2, -0.15) is 0 Å². The lowest BCUT2D eigenvalue weighted by Crippen LogP contribution is -2.41. The van der Waals surface area contributed by atoms with Crippen LogP contribution in [0, 0.1) is 5.92 Å². The van der Waals surface area contributed by atoms with Crippen LogP contribution in [0.3, 0.4) is 0 Å². The number of nitrogens with zero attached hydrogens (tertiary/aromatic N) is 3. The van der Waals surface area contributed by atoms with Crippen molar-refractivity contribution in [1.82, 2.24) is 15.1 Å². The minimum absolute atomic E-state index is 0. The SMILES string of the molecule is CCNC(=NCC(c1ccc(OC)cc1)N(C)C)N1CCC(COCCOC)C1.I. The number of likely N-dealkylation sites (tertiary alicyclic amines) is 1. The number of likely N-dealkylation sites (N-methyl/N-ethyl adjacent to an activating group) is 1. The van der Waals surface area contributed by atoms with Crippen LogP contribution < -0.4 is 10.1 Å². The number of hydrogen-bond donors (Lipinski definition) is 1. The second-order valence-electron chi connectivity index (χ2n) is 7.62. The summed E-state index contributed by atoms with van der Waals surface area (Å²) in [6.07, 6.45) is 1.13. The van der Waals surface area contributed by atoms with Gasteiger partial charge in [-0.25, -0.2) is 0 Å². The van der Waals surface area contributed by atoms with Gasteiger partial charge >= 0.3 is 0 Å². The summed E-state index contributed by atoms with van der Waals surface area (Å²) >= 11 is 0. The second-order valence-corrected chi connectivity index (χ2v) is 7.62. The molecule has 1 N–H and O–H groups in total. The molecule has 0 radical (unpaired) electrons. The van der Waals surface area contributed by atoms with Crippen molar-refractivity contribution in [3.63, 3.8) is 0 Å². The van der Waals surface area contributed by atoms with Crippen molar-refractivity contribution in [1.29, 1.82) is 0 Å². The Kier molecular flexibility index (Phi) is 13.3. The molecule has 0 bridgehead atoms. The van der Waals surface area contributed by atoms with Gasteiger partial charge in [0, 0.05) is 32.7 Å². The molecule has 0 saturated carbocycles. The first-order valence-electron chi connectivity index (χ1n) is 10.5. The lowest BCUT2D eigenvalue weighted by atomic mass is 10.1. The van der Waals surface area contributed by atoms with E-state index in [1.807, 2.05) is 12.1 Å². The summed E-state index contributed by atoms with van der Waals surface area (Å²) in [5.41, 5.74) is 1.24. The van der Waals surface area contributed by atoms with Gasteiger partial charge in [-0.15, -0.1) is 24.0 Å². The van der Waals surface area contributed by atoms with Crippen molar-refractivity contribution >= 4 is 29.9 Å². The van der Waals surface area contributed by atoms with Crippen LogP contribution in [-0.4, -0.2) is 90.1 Å². The van der Waals surface area contributed by atoms with Crippen LogP contribution in [0.4, 0.5) is 0 Å². The summed E-state index contributed by atoms with van der Waals surface area (Å²) in [5, 5.41) is 3.46. The third kappa shape index (κ3) is 8.56. The molecule has 7 nitrogen and oxygen atoms in total. The van der Waals surface area contributed by atoms with Gasteiger partial charge in [0.2, 0.25) is 0 Å². The molecule has 1 aromatic rings. The van der Waals surface area contributed by atoms with E-state index in [0.29, 0.717) is 25.7 Å². The number of nitrogens with one attached hydrogen (secondary N) is 1. The molecule has 8 heteroatoms. The topological polar surface area (TPSA) is 58.6 Å². The molecule has 1 fully saturated rings. The van der Waals surface area contributed by atoms with Gasteiger partial charge in [0.15, 0.2) is 5.96 Å². The van der Waals surface area contributed by atoms with Gasteiger partial charge in [0.05, 0.1) is 39.5 Å². The summed E-state index contributed by atoms with van der Waals surface area (Å²) in [6, 6.07) is 8.47. The standard InChI is InChI=1S/C22H38N4O3.HI/c1-6-23-22(26-12-11-18(16-26)17-29-14-13-27-4)24-15-21(25(2)3)19-7-9-20(28-5)10-8-19;/h7-10,18,21H,6,11-17H2,1-5H3,(H,23,24);1H. The molecule has 0 aromatic heterocycles. The van der Waals surface area contributed by atoms with Crippen LogP contribution >= 0.6 is 24.0 Å². The van der Waals surface area contributed by atoms with E-state index in [4.69, 9.17) is 19.2 Å². The molecule has 30 heavy (non-hydrogen) atoms. The Hall–Kier alpha value is -1.10. The van der Waals surface area contributed by atoms with Gasteiger partial charge in [0.1, 0.15) is 5.75 Å². The average molecular weight is 534 g/mol. The van der Waals surface area contributed by atoms with E-state index in [1.54, 1.807) is 14.2 Å². The Balaban J connectivity index is 0.00000450. The van der Waals surface area contributed by atoms with E-state index in [-0.39, 0.29) is 30.0 Å². The van der Waals surface area contributed by atoms with Crippen LogP contribution in [-0.2, 0) is 9.47 Å². The molecular formula is C22H39IN4O3. The monoisotopic (exact) mass is 534 g/mol. The quantitative estimate of drug-likeness (QED) is 0.204. The van der Waals surface area contributed by atoms with Crippen LogP contribution in [0.1, 0.15) is 24.9 Å². The summed E-state index contributed by atoms with van der Waals surface area (Å²) < 4.78 is 16.1. The fraction of sp³-hybridized carbons (Fsp3) is 0.682. The fourth-order valence-corrected chi connectivity index (χ4v) is 3.54. The number of ether oxygens (including phenoxy) is 3. The predicted octanol–water partition coefficient (Wildman–Crippen LogP) is 2.87. The molecule has 1 aliphatic rings. The number of hydrogen-bond acceptors (Lipinski definition) is 5. The third-order valence-electron chi connectivity index (χ3n) is 5.24. The minimum atomic E-state index is 0. The van der Waals surface area contributed by atoms with E-state index in [2.05, 4.69) is 48.3 Å². The van der Waals surface area contributed by atoms with Gasteiger partial charge in [-0.3, -0.25) is 4.99 Å². The van der Waals surface area contributed by atoms with Crippen LogP contribution in [0.25, 0.3) is 0 Å². The Bertz CT molecular complexity index is 613. The molecule has 2 unspecified atom stereocenters. The summed E-state index contributed by atoms with van der Waals surface area (Å²) in [6.45, 7) is 7.76. The van der Waals surface area contributed by atoms with E-state index < -0.39 is 0 Å². The number of methoxy groups -OCH3 is 2. The van der Waals surface area contributed by atoms with E-state index in [9.17, 15) is 0 Å². The van der Waals surface area contributed by atoms with Crippen LogP contribution in [0.2, 0.25) is 0 Å². The Labute approximate surface area is 199 Å². The maximum Gasteiger partial charge on any atom is 0.193 e. The van der Waals surface area contributed by atoms with Crippen molar-refractivity contribution < 1.29 is 14.2 Å². The zero-order chi connectivity index (χ0) is 21.1. The van der Waals surface area contributed by atoms with Crippen molar-refractivity contribution in [2.45, 2.75) is 19.4 Å². The highest BCUT2D eigenvalue weighted by Crippen LogP contribution is 2.22.